The van der Waals surface area contributed by atoms with E-state index in [2.05, 4.69) is 20.3 Å². The van der Waals surface area contributed by atoms with E-state index >= 15 is 4.39 Å². The molecule has 230 valence electrons. The van der Waals surface area contributed by atoms with E-state index in [9.17, 15) is 14.0 Å². The summed E-state index contributed by atoms with van der Waals surface area (Å²) in [5.74, 6) is -0.816. The predicted octanol–water partition coefficient (Wildman–Crippen LogP) is 5.47. The van der Waals surface area contributed by atoms with Gasteiger partial charge in [0.2, 0.25) is 5.43 Å². The monoisotopic (exact) mass is 632 g/mol. The highest BCUT2D eigenvalue weighted by atomic mass is 32.2. The second-order valence-electron chi connectivity index (χ2n) is 9.74. The van der Waals surface area contributed by atoms with Crippen LogP contribution in [0.4, 0.5) is 14.5 Å². The van der Waals surface area contributed by atoms with E-state index in [1.165, 1.54) is 55.1 Å². The lowest BCUT2D eigenvalue weighted by Gasteiger charge is -2.16. The van der Waals surface area contributed by atoms with Crippen molar-refractivity contribution >= 4 is 34.3 Å². The average molecular weight is 633 g/mol. The number of halogens is 2. The van der Waals surface area contributed by atoms with Gasteiger partial charge in [-0.15, -0.1) is 0 Å². The van der Waals surface area contributed by atoms with Gasteiger partial charge in [0, 0.05) is 40.0 Å². The standard InChI is InChI=1S/C32H26F2N4O6S/c33-20-3-1-19(2-4-20)23-16-35-17-24(30(23)39)31(40)38-21-5-6-29(25(34)13-21)45-32-22-14-27-28(15-26(22)36-18-37-32)44-12-10-42-8-7-41-9-11-43-27/h1-6,13-18H,7-12H2,(H,35,39)(H,38,40). The van der Waals surface area contributed by atoms with Crippen LogP contribution in [0.15, 0.2) is 88.0 Å². The molecule has 0 radical (unpaired) electrons. The van der Waals surface area contributed by atoms with Crippen molar-refractivity contribution in [3.05, 3.63) is 101 Å². The number of fused-ring (bicyclic) bond motifs is 2. The molecule has 1 amide bonds. The molecule has 2 N–H and O–H groups in total. The average Bonchev–Trinajstić information content (AvgIpc) is 3.03. The molecule has 0 fully saturated rings. The van der Waals surface area contributed by atoms with Gasteiger partial charge in [0.15, 0.2) is 11.5 Å². The van der Waals surface area contributed by atoms with Gasteiger partial charge in [-0.05, 0) is 42.0 Å². The Morgan fingerprint density at radius 2 is 1.56 bits per heavy atom. The topological polar surface area (TPSA) is 125 Å². The highest BCUT2D eigenvalue weighted by Crippen LogP contribution is 2.38. The van der Waals surface area contributed by atoms with Crippen LogP contribution in [0.25, 0.3) is 22.0 Å². The zero-order valence-electron chi connectivity index (χ0n) is 23.7. The molecule has 45 heavy (non-hydrogen) atoms. The number of aromatic nitrogens is 3. The lowest BCUT2D eigenvalue weighted by atomic mass is 10.0. The first kappa shape index (κ1) is 30.2. The Morgan fingerprint density at radius 3 is 2.29 bits per heavy atom. The van der Waals surface area contributed by atoms with Gasteiger partial charge < -0.3 is 29.2 Å². The van der Waals surface area contributed by atoms with Crippen molar-refractivity contribution in [2.24, 2.45) is 0 Å². The lowest BCUT2D eigenvalue weighted by Crippen LogP contribution is -2.22. The Hall–Kier alpha value is -4.85. The minimum Gasteiger partial charge on any atom is -0.487 e. The Morgan fingerprint density at radius 1 is 0.844 bits per heavy atom. The summed E-state index contributed by atoms with van der Waals surface area (Å²) in [4.78, 5) is 37.7. The van der Waals surface area contributed by atoms with E-state index in [-0.39, 0.29) is 21.7 Å². The van der Waals surface area contributed by atoms with Crippen LogP contribution in [0.3, 0.4) is 0 Å². The van der Waals surface area contributed by atoms with E-state index in [1.54, 1.807) is 12.1 Å². The molecule has 0 saturated heterocycles. The number of carbonyl (C=O) groups is 1. The van der Waals surface area contributed by atoms with Crippen LogP contribution in [0, 0.1) is 11.6 Å². The fourth-order valence-electron chi connectivity index (χ4n) is 4.55. The smallest absolute Gasteiger partial charge is 0.261 e. The van der Waals surface area contributed by atoms with Crippen LogP contribution in [-0.4, -0.2) is 60.5 Å². The van der Waals surface area contributed by atoms with Gasteiger partial charge in [-0.3, -0.25) is 9.59 Å². The molecule has 3 aromatic carbocycles. The first-order chi connectivity index (χ1) is 22.0. The number of pyridine rings is 1. The quantitative estimate of drug-likeness (QED) is 0.243. The first-order valence-electron chi connectivity index (χ1n) is 13.9. The molecular weight excluding hydrogens is 606 g/mol. The summed E-state index contributed by atoms with van der Waals surface area (Å²) in [7, 11) is 0. The minimum absolute atomic E-state index is 0.151. The van der Waals surface area contributed by atoms with Crippen molar-refractivity contribution in [3.63, 3.8) is 0 Å². The number of rotatable bonds is 5. The number of hydrogen-bond donors (Lipinski definition) is 2. The number of nitrogens with one attached hydrogen (secondary N) is 2. The highest BCUT2D eigenvalue weighted by molar-refractivity contribution is 7.99. The Kier molecular flexibility index (Phi) is 9.29. The molecular formula is C32H26F2N4O6S. The van der Waals surface area contributed by atoms with Crippen LogP contribution in [0.1, 0.15) is 10.4 Å². The van der Waals surface area contributed by atoms with Gasteiger partial charge in [-0.2, -0.15) is 0 Å². The molecule has 2 aromatic heterocycles. The summed E-state index contributed by atoms with van der Waals surface area (Å²) in [6.45, 7) is 2.30. The number of H-pyrrole nitrogens is 1. The Bertz CT molecular complexity index is 1900. The zero-order chi connectivity index (χ0) is 31.2. The van der Waals surface area contributed by atoms with Crippen LogP contribution < -0.4 is 20.2 Å². The fourth-order valence-corrected chi connectivity index (χ4v) is 5.43. The van der Waals surface area contributed by atoms with Crippen molar-refractivity contribution in [2.45, 2.75) is 9.92 Å². The first-order valence-corrected chi connectivity index (χ1v) is 14.7. The molecule has 1 aliphatic rings. The maximum absolute atomic E-state index is 15.3. The van der Waals surface area contributed by atoms with Crippen molar-refractivity contribution in [1.82, 2.24) is 15.0 Å². The summed E-state index contributed by atoms with van der Waals surface area (Å²) < 4.78 is 51.4. The summed E-state index contributed by atoms with van der Waals surface area (Å²) >= 11 is 1.08. The SMILES string of the molecule is O=C(Nc1ccc(Sc2ncnc3cc4c(cc23)OCCOCCOCCO4)c(F)c1)c1c[nH]cc(-c2ccc(F)cc2)c1=O. The molecule has 6 rings (SSSR count). The third-order valence-corrected chi connectivity index (χ3v) is 7.82. The lowest BCUT2D eigenvalue weighted by molar-refractivity contribution is 0.0224. The summed E-state index contributed by atoms with van der Waals surface area (Å²) in [5, 5.41) is 3.68. The number of aromatic amines is 1. The van der Waals surface area contributed by atoms with E-state index in [0.29, 0.717) is 72.6 Å². The second-order valence-corrected chi connectivity index (χ2v) is 10.8. The minimum atomic E-state index is -0.727. The normalized spacial score (nSPS) is 13.9. The van der Waals surface area contributed by atoms with E-state index in [1.807, 2.05) is 0 Å². The Labute approximate surface area is 259 Å². The number of ether oxygens (including phenoxy) is 4. The number of carbonyl (C=O) groups excluding carboxylic acids is 1. The molecule has 0 unspecified atom stereocenters. The van der Waals surface area contributed by atoms with Crippen molar-refractivity contribution < 1.29 is 32.5 Å². The van der Waals surface area contributed by atoms with Crippen molar-refractivity contribution in [1.29, 1.82) is 0 Å². The molecule has 0 bridgehead atoms. The number of benzene rings is 3. The number of hydrogen-bond acceptors (Lipinski definition) is 9. The summed E-state index contributed by atoms with van der Waals surface area (Å²) in [5.41, 5.74) is 0.640. The van der Waals surface area contributed by atoms with Crippen molar-refractivity contribution in [3.8, 4) is 22.6 Å². The number of nitrogens with zero attached hydrogens (tertiary/aromatic N) is 2. The maximum atomic E-state index is 15.3. The van der Waals surface area contributed by atoms with Gasteiger partial charge in [-0.25, -0.2) is 18.7 Å². The van der Waals surface area contributed by atoms with Crippen LogP contribution in [0.2, 0.25) is 0 Å². The fraction of sp³-hybridized carbons (Fsp3) is 0.188. The van der Waals surface area contributed by atoms with Crippen LogP contribution in [0.5, 0.6) is 11.5 Å². The predicted molar refractivity (Wildman–Crippen MR) is 163 cm³/mol. The van der Waals surface area contributed by atoms with E-state index in [0.717, 1.165) is 17.8 Å². The molecule has 0 spiro atoms. The van der Waals surface area contributed by atoms with E-state index < -0.39 is 23.0 Å². The molecule has 5 aromatic rings. The molecule has 10 nitrogen and oxygen atoms in total. The van der Waals surface area contributed by atoms with Gasteiger partial charge in [0.1, 0.15) is 41.8 Å². The third kappa shape index (κ3) is 7.11. The zero-order valence-corrected chi connectivity index (χ0v) is 24.5. The third-order valence-electron chi connectivity index (χ3n) is 6.75. The van der Waals surface area contributed by atoms with Crippen LogP contribution >= 0.6 is 11.8 Å². The summed E-state index contributed by atoms with van der Waals surface area (Å²) in [6.07, 6.45) is 4.07. The molecule has 3 heterocycles. The Balaban J connectivity index is 1.21. The number of anilines is 1. The maximum Gasteiger partial charge on any atom is 0.261 e. The molecule has 0 atom stereocenters. The highest BCUT2D eigenvalue weighted by Gasteiger charge is 2.18. The van der Waals surface area contributed by atoms with Crippen LogP contribution in [-0.2, 0) is 9.47 Å². The van der Waals surface area contributed by atoms with Gasteiger partial charge in [0.05, 0.1) is 31.9 Å². The van der Waals surface area contributed by atoms with Crippen molar-refractivity contribution in [2.75, 3.05) is 45.0 Å². The molecule has 1 aliphatic heterocycles. The number of amides is 1. The molecule has 0 saturated carbocycles. The largest absolute Gasteiger partial charge is 0.487 e. The van der Waals surface area contributed by atoms with E-state index in [4.69, 9.17) is 18.9 Å². The molecule has 0 aliphatic carbocycles. The van der Waals surface area contributed by atoms with Gasteiger partial charge >= 0.3 is 0 Å². The molecule has 13 heteroatoms. The van der Waals surface area contributed by atoms with Gasteiger partial charge in [-0.1, -0.05) is 23.9 Å². The van der Waals surface area contributed by atoms with Gasteiger partial charge in [0.25, 0.3) is 5.91 Å². The second kappa shape index (κ2) is 13.8. The summed E-state index contributed by atoms with van der Waals surface area (Å²) in [6, 6.07) is 13.0.